The van der Waals surface area contributed by atoms with Gasteiger partial charge in [-0.15, -0.1) is 11.3 Å². The molecule has 0 aliphatic heterocycles. The fourth-order valence-corrected chi connectivity index (χ4v) is 2.65. The lowest BCUT2D eigenvalue weighted by atomic mass is 10.1. The number of hydrogen-bond donors (Lipinski definition) is 1. The first kappa shape index (κ1) is 13.2. The van der Waals surface area contributed by atoms with E-state index in [2.05, 4.69) is 23.7 Å². The van der Waals surface area contributed by atoms with Crippen LogP contribution < -0.4 is 5.32 Å². The largest absolute Gasteiger partial charge is 0.312 e. The van der Waals surface area contributed by atoms with Crippen LogP contribution in [0, 0.1) is 18.6 Å². The van der Waals surface area contributed by atoms with E-state index in [4.69, 9.17) is 0 Å². The first-order valence-corrected chi connectivity index (χ1v) is 6.72. The van der Waals surface area contributed by atoms with E-state index < -0.39 is 11.6 Å². The molecule has 0 radical (unpaired) electrons. The number of aryl methyl sites for hydroxylation is 1. The lowest BCUT2D eigenvalue weighted by Gasteiger charge is -2.05. The third kappa shape index (κ3) is 3.62. The van der Waals surface area contributed by atoms with Gasteiger partial charge in [-0.2, -0.15) is 0 Å². The standard InChI is InChI=1S/C14H15F2NS/c1-10-3-5-18-14(10)9-17-4-2-11-6-12(15)8-13(16)7-11/h3,5-8,17H,2,4,9H2,1H3. The maximum absolute atomic E-state index is 13.0. The minimum atomic E-state index is -0.515. The highest BCUT2D eigenvalue weighted by Gasteiger charge is 2.02. The molecule has 0 aliphatic rings. The molecule has 2 rings (SSSR count). The van der Waals surface area contributed by atoms with E-state index in [1.54, 1.807) is 11.3 Å². The zero-order chi connectivity index (χ0) is 13.0. The monoisotopic (exact) mass is 267 g/mol. The normalized spacial score (nSPS) is 10.8. The molecular formula is C14H15F2NS. The van der Waals surface area contributed by atoms with Gasteiger partial charge in [0.15, 0.2) is 0 Å². The highest BCUT2D eigenvalue weighted by atomic mass is 32.1. The highest BCUT2D eigenvalue weighted by Crippen LogP contribution is 2.14. The Kier molecular flexibility index (Phi) is 4.44. The van der Waals surface area contributed by atoms with Crippen LogP contribution in [0.25, 0.3) is 0 Å². The molecule has 18 heavy (non-hydrogen) atoms. The maximum Gasteiger partial charge on any atom is 0.126 e. The molecule has 0 unspecified atom stereocenters. The van der Waals surface area contributed by atoms with Gasteiger partial charge in [0.25, 0.3) is 0 Å². The molecule has 96 valence electrons. The van der Waals surface area contributed by atoms with Crippen LogP contribution in [0.2, 0.25) is 0 Å². The molecule has 0 saturated carbocycles. The summed E-state index contributed by atoms with van der Waals surface area (Å²) in [6.45, 7) is 3.59. The molecule has 4 heteroatoms. The van der Waals surface area contributed by atoms with Crippen LogP contribution in [0.15, 0.2) is 29.6 Å². The number of thiophene rings is 1. The minimum Gasteiger partial charge on any atom is -0.312 e. The van der Waals surface area contributed by atoms with Crippen LogP contribution in [0.5, 0.6) is 0 Å². The van der Waals surface area contributed by atoms with E-state index in [1.165, 1.54) is 22.6 Å². The van der Waals surface area contributed by atoms with E-state index in [-0.39, 0.29) is 0 Å². The molecule has 0 saturated heterocycles. The SMILES string of the molecule is Cc1ccsc1CNCCc1cc(F)cc(F)c1. The van der Waals surface area contributed by atoms with Gasteiger partial charge in [-0.3, -0.25) is 0 Å². The van der Waals surface area contributed by atoms with Crippen molar-refractivity contribution in [2.24, 2.45) is 0 Å². The fraction of sp³-hybridized carbons (Fsp3) is 0.286. The number of halogens is 2. The van der Waals surface area contributed by atoms with Crippen LogP contribution in [0.1, 0.15) is 16.0 Å². The van der Waals surface area contributed by atoms with Crippen LogP contribution in [0.4, 0.5) is 8.78 Å². The van der Waals surface area contributed by atoms with Crippen LogP contribution >= 0.6 is 11.3 Å². The topological polar surface area (TPSA) is 12.0 Å². The molecule has 1 nitrogen and oxygen atoms in total. The number of hydrogen-bond acceptors (Lipinski definition) is 2. The summed E-state index contributed by atoms with van der Waals surface area (Å²) in [6, 6.07) is 5.73. The Bertz CT molecular complexity index is 502. The molecule has 0 atom stereocenters. The molecule has 2 aromatic rings. The third-order valence-electron chi connectivity index (χ3n) is 2.77. The van der Waals surface area contributed by atoms with E-state index in [9.17, 15) is 8.78 Å². The van der Waals surface area contributed by atoms with E-state index >= 15 is 0 Å². The first-order chi connectivity index (χ1) is 8.65. The predicted molar refractivity (Wildman–Crippen MR) is 70.8 cm³/mol. The Labute approximate surface area is 109 Å². The summed E-state index contributed by atoms with van der Waals surface area (Å²) in [5, 5.41) is 5.35. The fourth-order valence-electron chi connectivity index (χ4n) is 1.78. The summed E-state index contributed by atoms with van der Waals surface area (Å²) in [6.07, 6.45) is 0.624. The predicted octanol–water partition coefficient (Wildman–Crippen LogP) is 3.67. The second kappa shape index (κ2) is 6.07. The van der Waals surface area contributed by atoms with Crippen molar-refractivity contribution in [3.05, 3.63) is 57.3 Å². The third-order valence-corrected chi connectivity index (χ3v) is 3.79. The molecular weight excluding hydrogens is 252 g/mol. The van der Waals surface area contributed by atoms with E-state index in [0.717, 1.165) is 12.6 Å². The lowest BCUT2D eigenvalue weighted by Crippen LogP contribution is -2.16. The van der Waals surface area contributed by atoms with E-state index in [1.807, 2.05) is 0 Å². The molecule has 1 heterocycles. The van der Waals surface area contributed by atoms with Crippen molar-refractivity contribution >= 4 is 11.3 Å². The molecule has 0 bridgehead atoms. The van der Waals surface area contributed by atoms with Crippen molar-refractivity contribution in [1.82, 2.24) is 5.32 Å². The van der Waals surface area contributed by atoms with Crippen molar-refractivity contribution in [2.75, 3.05) is 6.54 Å². The molecule has 1 aromatic heterocycles. The van der Waals surface area contributed by atoms with Gasteiger partial charge in [-0.1, -0.05) is 0 Å². The summed E-state index contributed by atoms with van der Waals surface area (Å²) in [7, 11) is 0. The Morgan fingerprint density at radius 1 is 1.17 bits per heavy atom. The maximum atomic E-state index is 13.0. The highest BCUT2D eigenvalue weighted by molar-refractivity contribution is 7.10. The van der Waals surface area contributed by atoms with Gasteiger partial charge in [0.05, 0.1) is 0 Å². The van der Waals surface area contributed by atoms with Crippen LogP contribution in [-0.4, -0.2) is 6.54 Å². The first-order valence-electron chi connectivity index (χ1n) is 5.84. The van der Waals surface area contributed by atoms with Gasteiger partial charge in [0.1, 0.15) is 11.6 Å². The molecule has 0 amide bonds. The summed E-state index contributed by atoms with van der Waals surface area (Å²) in [4.78, 5) is 1.31. The number of nitrogens with one attached hydrogen (secondary N) is 1. The summed E-state index contributed by atoms with van der Waals surface area (Å²) in [5.74, 6) is -1.03. The quantitative estimate of drug-likeness (QED) is 0.815. The Morgan fingerprint density at radius 2 is 1.89 bits per heavy atom. The Morgan fingerprint density at radius 3 is 2.50 bits per heavy atom. The average molecular weight is 267 g/mol. The second-order valence-corrected chi connectivity index (χ2v) is 5.23. The van der Waals surface area contributed by atoms with Gasteiger partial charge >= 0.3 is 0 Å². The number of rotatable bonds is 5. The Balaban J connectivity index is 1.80. The van der Waals surface area contributed by atoms with Crippen molar-refractivity contribution in [1.29, 1.82) is 0 Å². The van der Waals surface area contributed by atoms with Crippen molar-refractivity contribution in [2.45, 2.75) is 19.9 Å². The summed E-state index contributed by atoms with van der Waals surface area (Å²) < 4.78 is 25.9. The van der Waals surface area contributed by atoms with Crippen molar-refractivity contribution < 1.29 is 8.78 Å². The van der Waals surface area contributed by atoms with Crippen molar-refractivity contribution in [3.63, 3.8) is 0 Å². The zero-order valence-corrected chi connectivity index (χ0v) is 11.0. The van der Waals surface area contributed by atoms with E-state index in [0.29, 0.717) is 18.5 Å². The lowest BCUT2D eigenvalue weighted by molar-refractivity contribution is 0.577. The average Bonchev–Trinajstić information content (AvgIpc) is 2.69. The van der Waals surface area contributed by atoms with Gasteiger partial charge in [0.2, 0.25) is 0 Å². The van der Waals surface area contributed by atoms with Gasteiger partial charge < -0.3 is 5.32 Å². The smallest absolute Gasteiger partial charge is 0.126 e. The van der Waals surface area contributed by atoms with Gasteiger partial charge in [-0.25, -0.2) is 8.78 Å². The molecule has 0 fully saturated rings. The summed E-state index contributed by atoms with van der Waals surface area (Å²) in [5.41, 5.74) is 1.97. The zero-order valence-electron chi connectivity index (χ0n) is 10.2. The molecule has 0 spiro atoms. The summed E-state index contributed by atoms with van der Waals surface area (Å²) >= 11 is 1.72. The minimum absolute atomic E-state index is 0.515. The second-order valence-electron chi connectivity index (χ2n) is 4.23. The molecule has 1 N–H and O–H groups in total. The van der Waals surface area contributed by atoms with Gasteiger partial charge in [-0.05, 0) is 54.6 Å². The van der Waals surface area contributed by atoms with Crippen LogP contribution in [0.3, 0.4) is 0 Å². The molecule has 1 aromatic carbocycles. The number of benzene rings is 1. The van der Waals surface area contributed by atoms with Crippen molar-refractivity contribution in [3.8, 4) is 0 Å². The van der Waals surface area contributed by atoms with Crippen LogP contribution in [-0.2, 0) is 13.0 Å². The molecule has 0 aliphatic carbocycles. The Hall–Kier alpha value is -1.26. The van der Waals surface area contributed by atoms with Gasteiger partial charge in [0, 0.05) is 17.5 Å².